The highest BCUT2D eigenvalue weighted by Gasteiger charge is 2.11. The maximum atomic E-state index is 5.20. The summed E-state index contributed by atoms with van der Waals surface area (Å²) in [6, 6.07) is 5.89. The van der Waals surface area contributed by atoms with Gasteiger partial charge in [-0.15, -0.1) is 0 Å². The van der Waals surface area contributed by atoms with Crippen LogP contribution in [0.25, 0.3) is 0 Å². The first kappa shape index (κ1) is 10.5. The van der Waals surface area contributed by atoms with E-state index in [0.29, 0.717) is 0 Å². The second-order valence-corrected chi connectivity index (χ2v) is 4.21. The van der Waals surface area contributed by atoms with E-state index in [2.05, 4.69) is 26.2 Å². The maximum Gasteiger partial charge on any atom is 0.129 e. The van der Waals surface area contributed by atoms with Gasteiger partial charge in [-0.2, -0.15) is 0 Å². The normalized spacial score (nSPS) is 15.5. The van der Waals surface area contributed by atoms with Gasteiger partial charge in [-0.05, 0) is 24.6 Å². The third kappa shape index (κ3) is 2.31. The van der Waals surface area contributed by atoms with Crippen LogP contribution < -0.4 is 10.1 Å². The smallest absolute Gasteiger partial charge is 0.129 e. The van der Waals surface area contributed by atoms with E-state index >= 15 is 0 Å². The van der Waals surface area contributed by atoms with Gasteiger partial charge in [0, 0.05) is 23.1 Å². The molecule has 4 heteroatoms. The van der Waals surface area contributed by atoms with Crippen molar-refractivity contribution in [1.82, 2.24) is 5.32 Å². The van der Waals surface area contributed by atoms with Gasteiger partial charge in [-0.3, -0.25) is 4.99 Å². The number of methoxy groups -OCH3 is 1. The molecule has 0 atom stereocenters. The highest BCUT2D eigenvalue weighted by atomic mass is 79.9. The molecule has 0 saturated carbocycles. The lowest BCUT2D eigenvalue weighted by Gasteiger charge is -2.16. The highest BCUT2D eigenvalue weighted by molar-refractivity contribution is 9.10. The lowest BCUT2D eigenvalue weighted by atomic mass is 10.1. The molecule has 0 saturated heterocycles. The summed E-state index contributed by atoms with van der Waals surface area (Å²) in [6.07, 6.45) is 1.10. The molecular weight excluding hydrogens is 256 g/mol. The Balaban J connectivity index is 2.37. The number of amidine groups is 1. The SMILES string of the molecule is COc1ccc(Br)c(C2=NCCCN2)c1. The summed E-state index contributed by atoms with van der Waals surface area (Å²) in [5.41, 5.74) is 1.06. The van der Waals surface area contributed by atoms with Crippen molar-refractivity contribution in [3.8, 4) is 5.75 Å². The van der Waals surface area contributed by atoms with Crippen LogP contribution in [0.3, 0.4) is 0 Å². The van der Waals surface area contributed by atoms with Crippen molar-refractivity contribution in [2.24, 2.45) is 4.99 Å². The van der Waals surface area contributed by atoms with Crippen LogP contribution in [0.2, 0.25) is 0 Å². The van der Waals surface area contributed by atoms with E-state index in [-0.39, 0.29) is 0 Å². The molecule has 0 bridgehead atoms. The summed E-state index contributed by atoms with van der Waals surface area (Å²) in [5.74, 6) is 1.80. The zero-order valence-electron chi connectivity index (χ0n) is 8.59. The second-order valence-electron chi connectivity index (χ2n) is 3.36. The van der Waals surface area contributed by atoms with Crippen LogP contribution in [0, 0.1) is 0 Å². The number of hydrogen-bond donors (Lipinski definition) is 1. The number of nitrogens with zero attached hydrogens (tertiary/aromatic N) is 1. The lowest BCUT2D eigenvalue weighted by Crippen LogP contribution is -2.30. The van der Waals surface area contributed by atoms with E-state index in [1.54, 1.807) is 7.11 Å². The molecule has 2 rings (SSSR count). The Morgan fingerprint density at radius 2 is 2.33 bits per heavy atom. The first-order valence-electron chi connectivity index (χ1n) is 4.93. The third-order valence-electron chi connectivity index (χ3n) is 2.33. The molecule has 1 aliphatic rings. The number of hydrogen-bond acceptors (Lipinski definition) is 3. The van der Waals surface area contributed by atoms with Crippen molar-refractivity contribution in [3.05, 3.63) is 28.2 Å². The molecule has 1 aromatic carbocycles. The number of halogens is 1. The predicted molar refractivity (Wildman–Crippen MR) is 64.7 cm³/mol. The number of aliphatic imine (C=N–C) groups is 1. The summed E-state index contributed by atoms with van der Waals surface area (Å²) >= 11 is 3.52. The average molecular weight is 269 g/mol. The van der Waals surface area contributed by atoms with Gasteiger partial charge in [-0.25, -0.2) is 0 Å². The van der Waals surface area contributed by atoms with Gasteiger partial charge in [0.2, 0.25) is 0 Å². The van der Waals surface area contributed by atoms with Crippen molar-refractivity contribution in [1.29, 1.82) is 0 Å². The number of benzene rings is 1. The van der Waals surface area contributed by atoms with Crippen LogP contribution in [0.5, 0.6) is 5.75 Å². The molecule has 0 aromatic heterocycles. The zero-order chi connectivity index (χ0) is 10.7. The van der Waals surface area contributed by atoms with Gasteiger partial charge in [-0.1, -0.05) is 15.9 Å². The quantitative estimate of drug-likeness (QED) is 0.893. The summed E-state index contributed by atoms with van der Waals surface area (Å²) in [7, 11) is 1.67. The molecule has 1 N–H and O–H groups in total. The third-order valence-corrected chi connectivity index (χ3v) is 3.02. The minimum Gasteiger partial charge on any atom is -0.497 e. The fourth-order valence-electron chi connectivity index (χ4n) is 1.53. The Bertz CT molecular complexity index is 390. The Morgan fingerprint density at radius 3 is 3.00 bits per heavy atom. The van der Waals surface area contributed by atoms with Crippen molar-refractivity contribution >= 4 is 21.8 Å². The van der Waals surface area contributed by atoms with Gasteiger partial charge in [0.25, 0.3) is 0 Å². The van der Waals surface area contributed by atoms with E-state index in [1.165, 1.54) is 0 Å². The summed E-state index contributed by atoms with van der Waals surface area (Å²) in [4.78, 5) is 4.46. The molecule has 15 heavy (non-hydrogen) atoms. The van der Waals surface area contributed by atoms with Crippen LogP contribution in [0.15, 0.2) is 27.7 Å². The number of nitrogens with one attached hydrogen (secondary N) is 1. The van der Waals surface area contributed by atoms with Crippen LogP contribution in [0.1, 0.15) is 12.0 Å². The van der Waals surface area contributed by atoms with Crippen molar-refractivity contribution in [3.63, 3.8) is 0 Å². The van der Waals surface area contributed by atoms with E-state index < -0.39 is 0 Å². The van der Waals surface area contributed by atoms with Crippen LogP contribution in [-0.4, -0.2) is 26.0 Å². The van der Waals surface area contributed by atoms with Gasteiger partial charge in [0.15, 0.2) is 0 Å². The highest BCUT2D eigenvalue weighted by Crippen LogP contribution is 2.23. The Labute approximate surface area is 97.7 Å². The summed E-state index contributed by atoms with van der Waals surface area (Å²) < 4.78 is 6.24. The molecule has 0 spiro atoms. The number of ether oxygens (including phenoxy) is 1. The van der Waals surface area contributed by atoms with E-state index in [9.17, 15) is 0 Å². The second kappa shape index (κ2) is 4.66. The topological polar surface area (TPSA) is 33.6 Å². The summed E-state index contributed by atoms with van der Waals surface area (Å²) in [5, 5.41) is 3.29. The Hall–Kier alpha value is -1.03. The Morgan fingerprint density at radius 1 is 1.47 bits per heavy atom. The summed E-state index contributed by atoms with van der Waals surface area (Å²) in [6.45, 7) is 1.88. The van der Waals surface area contributed by atoms with E-state index in [4.69, 9.17) is 4.74 Å². The predicted octanol–water partition coefficient (Wildman–Crippen LogP) is 2.20. The molecule has 0 unspecified atom stereocenters. The van der Waals surface area contributed by atoms with Crippen LogP contribution >= 0.6 is 15.9 Å². The molecule has 0 amide bonds. The minimum absolute atomic E-state index is 0.850. The van der Waals surface area contributed by atoms with Gasteiger partial charge >= 0.3 is 0 Å². The van der Waals surface area contributed by atoms with Gasteiger partial charge in [0.05, 0.1) is 7.11 Å². The maximum absolute atomic E-state index is 5.20. The molecule has 0 fully saturated rings. The van der Waals surface area contributed by atoms with Crippen molar-refractivity contribution in [2.45, 2.75) is 6.42 Å². The molecule has 0 aliphatic carbocycles. The molecule has 1 aromatic rings. The molecule has 1 aliphatic heterocycles. The molecule has 0 radical (unpaired) electrons. The molecule has 80 valence electrons. The lowest BCUT2D eigenvalue weighted by molar-refractivity contribution is 0.414. The largest absolute Gasteiger partial charge is 0.497 e. The molecule has 3 nitrogen and oxygen atoms in total. The van der Waals surface area contributed by atoms with Crippen molar-refractivity contribution < 1.29 is 4.74 Å². The average Bonchev–Trinajstić information content (AvgIpc) is 2.31. The molecule has 1 heterocycles. The fraction of sp³-hybridized carbons (Fsp3) is 0.364. The monoisotopic (exact) mass is 268 g/mol. The van der Waals surface area contributed by atoms with Gasteiger partial charge < -0.3 is 10.1 Å². The van der Waals surface area contributed by atoms with E-state index in [1.807, 2.05) is 18.2 Å². The van der Waals surface area contributed by atoms with Crippen molar-refractivity contribution in [2.75, 3.05) is 20.2 Å². The van der Waals surface area contributed by atoms with E-state index in [0.717, 1.165) is 41.1 Å². The number of rotatable bonds is 2. The standard InChI is InChI=1S/C11H13BrN2O/c1-15-8-3-4-10(12)9(7-8)11-13-5-2-6-14-11/h3-4,7H,2,5-6H2,1H3,(H,13,14). The van der Waals surface area contributed by atoms with Crippen LogP contribution in [-0.2, 0) is 0 Å². The first-order chi connectivity index (χ1) is 7.31. The first-order valence-corrected chi connectivity index (χ1v) is 5.73. The zero-order valence-corrected chi connectivity index (χ0v) is 10.2. The Kier molecular flexibility index (Phi) is 3.26. The minimum atomic E-state index is 0.850. The molecular formula is C11H13BrN2O. The fourth-order valence-corrected chi connectivity index (χ4v) is 1.96. The van der Waals surface area contributed by atoms with Crippen LogP contribution in [0.4, 0.5) is 0 Å². The van der Waals surface area contributed by atoms with Gasteiger partial charge in [0.1, 0.15) is 11.6 Å².